The summed E-state index contributed by atoms with van der Waals surface area (Å²) in [6, 6.07) is 2.78. The van der Waals surface area contributed by atoms with Crippen molar-refractivity contribution in [3.05, 3.63) is 29.8 Å². The molecule has 2 unspecified atom stereocenters. The fraction of sp³-hybridized carbons (Fsp3) is 0.500. The quantitative estimate of drug-likeness (QED) is 0.826. The van der Waals surface area contributed by atoms with Gasteiger partial charge in [-0.15, -0.1) is 0 Å². The highest BCUT2D eigenvalue weighted by molar-refractivity contribution is 5.92. The zero-order valence-electron chi connectivity index (χ0n) is 9.53. The molecule has 0 aliphatic heterocycles. The largest absolute Gasteiger partial charge is 0.350 e. The number of pyridine rings is 1. The van der Waals surface area contributed by atoms with Crippen molar-refractivity contribution in [2.75, 3.05) is 6.54 Å². The average molecular weight is 237 g/mol. The molecule has 2 atom stereocenters. The van der Waals surface area contributed by atoms with Crippen LogP contribution in [-0.4, -0.2) is 23.5 Å². The van der Waals surface area contributed by atoms with Gasteiger partial charge >= 0.3 is 0 Å². The van der Waals surface area contributed by atoms with Crippen LogP contribution in [0.5, 0.6) is 0 Å². The van der Waals surface area contributed by atoms with Crippen LogP contribution in [0.3, 0.4) is 0 Å². The van der Waals surface area contributed by atoms with Crippen LogP contribution in [0.2, 0.25) is 0 Å². The minimum absolute atomic E-state index is 0.177. The Labute approximate surface area is 99.4 Å². The maximum Gasteiger partial charge on any atom is 0.269 e. The molecule has 4 nitrogen and oxygen atoms in total. The van der Waals surface area contributed by atoms with Gasteiger partial charge in [0.15, 0.2) is 0 Å². The summed E-state index contributed by atoms with van der Waals surface area (Å²) < 4.78 is 12.6. The van der Waals surface area contributed by atoms with Crippen LogP contribution >= 0.6 is 0 Å². The standard InChI is InChI=1S/C12H16FN3O/c13-9-4-5-11(15-7-9)12(17)16-6-8-2-1-3-10(8)14/h4-5,7-8,10H,1-3,6,14H2,(H,16,17). The van der Waals surface area contributed by atoms with Crippen molar-refractivity contribution in [3.63, 3.8) is 0 Å². The van der Waals surface area contributed by atoms with Crippen LogP contribution in [0.1, 0.15) is 29.8 Å². The molecule has 1 aromatic heterocycles. The van der Waals surface area contributed by atoms with Crippen LogP contribution in [0.25, 0.3) is 0 Å². The Bertz CT molecular complexity index is 393. The lowest BCUT2D eigenvalue weighted by Gasteiger charge is -2.15. The summed E-state index contributed by atoms with van der Waals surface area (Å²) in [6.45, 7) is 0.569. The van der Waals surface area contributed by atoms with Gasteiger partial charge in [-0.25, -0.2) is 9.37 Å². The highest BCUT2D eigenvalue weighted by atomic mass is 19.1. The maximum atomic E-state index is 12.6. The Hall–Kier alpha value is -1.49. The zero-order chi connectivity index (χ0) is 12.3. The van der Waals surface area contributed by atoms with Crippen molar-refractivity contribution in [1.82, 2.24) is 10.3 Å². The number of aromatic nitrogens is 1. The van der Waals surface area contributed by atoms with Crippen LogP contribution < -0.4 is 11.1 Å². The second-order valence-electron chi connectivity index (χ2n) is 4.43. The number of hydrogen-bond acceptors (Lipinski definition) is 3. The second kappa shape index (κ2) is 5.23. The van der Waals surface area contributed by atoms with Crippen molar-refractivity contribution in [1.29, 1.82) is 0 Å². The van der Waals surface area contributed by atoms with Gasteiger partial charge in [0.1, 0.15) is 11.5 Å². The molecule has 2 rings (SSSR count). The maximum absolute atomic E-state index is 12.6. The molecule has 0 spiro atoms. The van der Waals surface area contributed by atoms with E-state index in [0.717, 1.165) is 25.5 Å². The molecular formula is C12H16FN3O. The first-order valence-corrected chi connectivity index (χ1v) is 5.82. The second-order valence-corrected chi connectivity index (χ2v) is 4.43. The smallest absolute Gasteiger partial charge is 0.269 e. The molecule has 1 aliphatic carbocycles. The van der Waals surface area contributed by atoms with E-state index in [2.05, 4.69) is 10.3 Å². The highest BCUT2D eigenvalue weighted by Crippen LogP contribution is 2.22. The van der Waals surface area contributed by atoms with Gasteiger partial charge in [-0.05, 0) is 30.9 Å². The number of carbonyl (C=O) groups excluding carboxylic acids is 1. The predicted octanol–water partition coefficient (Wildman–Crippen LogP) is 1.08. The van der Waals surface area contributed by atoms with E-state index < -0.39 is 5.82 Å². The summed E-state index contributed by atoms with van der Waals surface area (Å²) in [5, 5.41) is 2.79. The predicted molar refractivity (Wildman–Crippen MR) is 61.8 cm³/mol. The van der Waals surface area contributed by atoms with Crippen molar-refractivity contribution in [2.45, 2.75) is 25.3 Å². The summed E-state index contributed by atoms with van der Waals surface area (Å²) in [5.74, 6) is -0.372. The minimum Gasteiger partial charge on any atom is -0.350 e. The zero-order valence-corrected chi connectivity index (χ0v) is 9.53. The summed E-state index contributed by atoms with van der Waals surface area (Å²) in [4.78, 5) is 15.4. The number of carbonyl (C=O) groups is 1. The Balaban J connectivity index is 1.87. The van der Waals surface area contributed by atoms with Gasteiger partial charge in [0.25, 0.3) is 5.91 Å². The normalized spacial score (nSPS) is 23.6. The van der Waals surface area contributed by atoms with Crippen LogP contribution in [-0.2, 0) is 0 Å². The first-order chi connectivity index (χ1) is 8.16. The lowest BCUT2D eigenvalue weighted by Crippen LogP contribution is -2.36. The van der Waals surface area contributed by atoms with Gasteiger partial charge in [-0.1, -0.05) is 6.42 Å². The van der Waals surface area contributed by atoms with Crippen LogP contribution in [0, 0.1) is 11.7 Å². The molecule has 92 valence electrons. The molecule has 0 saturated heterocycles. The fourth-order valence-corrected chi connectivity index (χ4v) is 2.14. The number of amides is 1. The number of halogens is 1. The molecule has 17 heavy (non-hydrogen) atoms. The van der Waals surface area contributed by atoms with Crippen molar-refractivity contribution < 1.29 is 9.18 Å². The molecule has 1 fully saturated rings. The number of hydrogen-bond donors (Lipinski definition) is 2. The van der Waals surface area contributed by atoms with Gasteiger partial charge in [0.05, 0.1) is 6.20 Å². The third kappa shape index (κ3) is 3.00. The topological polar surface area (TPSA) is 68.0 Å². The van der Waals surface area contributed by atoms with E-state index in [1.807, 2.05) is 0 Å². The van der Waals surface area contributed by atoms with E-state index in [0.29, 0.717) is 12.5 Å². The van der Waals surface area contributed by atoms with E-state index in [1.165, 1.54) is 12.1 Å². The fourth-order valence-electron chi connectivity index (χ4n) is 2.14. The molecule has 1 amide bonds. The molecule has 1 aliphatic rings. The van der Waals surface area contributed by atoms with Gasteiger partial charge < -0.3 is 11.1 Å². The van der Waals surface area contributed by atoms with Gasteiger partial charge in [-0.3, -0.25) is 4.79 Å². The van der Waals surface area contributed by atoms with E-state index in [9.17, 15) is 9.18 Å². The first-order valence-electron chi connectivity index (χ1n) is 5.82. The number of nitrogens with one attached hydrogen (secondary N) is 1. The molecule has 0 aromatic carbocycles. The number of nitrogens with zero attached hydrogens (tertiary/aromatic N) is 1. The molecule has 1 aromatic rings. The molecule has 1 heterocycles. The Kier molecular flexibility index (Phi) is 3.68. The monoisotopic (exact) mass is 237 g/mol. The van der Waals surface area contributed by atoms with Gasteiger partial charge in [0, 0.05) is 12.6 Å². The molecule has 1 saturated carbocycles. The number of nitrogens with two attached hydrogens (primary N) is 1. The number of rotatable bonds is 3. The molecule has 0 bridgehead atoms. The van der Waals surface area contributed by atoms with E-state index >= 15 is 0 Å². The van der Waals surface area contributed by atoms with Gasteiger partial charge in [-0.2, -0.15) is 0 Å². The third-order valence-electron chi connectivity index (χ3n) is 3.20. The van der Waals surface area contributed by atoms with E-state index in [1.54, 1.807) is 0 Å². The lowest BCUT2D eigenvalue weighted by atomic mass is 10.0. The Morgan fingerprint density at radius 2 is 2.35 bits per heavy atom. The Morgan fingerprint density at radius 1 is 1.53 bits per heavy atom. The summed E-state index contributed by atoms with van der Waals surface area (Å²) in [5.41, 5.74) is 6.14. The molecular weight excluding hydrogens is 221 g/mol. The van der Waals surface area contributed by atoms with Crippen LogP contribution in [0.15, 0.2) is 18.3 Å². The van der Waals surface area contributed by atoms with Crippen molar-refractivity contribution in [3.8, 4) is 0 Å². The molecule has 0 radical (unpaired) electrons. The summed E-state index contributed by atoms with van der Waals surface area (Å²) in [7, 11) is 0. The SMILES string of the molecule is NC1CCCC1CNC(=O)c1ccc(F)cn1. The lowest BCUT2D eigenvalue weighted by molar-refractivity contribution is 0.0941. The molecule has 3 N–H and O–H groups in total. The average Bonchev–Trinajstić information content (AvgIpc) is 2.73. The van der Waals surface area contributed by atoms with Crippen molar-refractivity contribution >= 4 is 5.91 Å². The van der Waals surface area contributed by atoms with E-state index in [4.69, 9.17) is 5.73 Å². The highest BCUT2D eigenvalue weighted by Gasteiger charge is 2.24. The summed E-state index contributed by atoms with van der Waals surface area (Å²) in [6.07, 6.45) is 4.24. The third-order valence-corrected chi connectivity index (χ3v) is 3.20. The van der Waals surface area contributed by atoms with Gasteiger partial charge in [0.2, 0.25) is 0 Å². The van der Waals surface area contributed by atoms with E-state index in [-0.39, 0.29) is 17.6 Å². The summed E-state index contributed by atoms with van der Waals surface area (Å²) >= 11 is 0. The Morgan fingerprint density at radius 3 is 2.94 bits per heavy atom. The van der Waals surface area contributed by atoms with Crippen LogP contribution in [0.4, 0.5) is 4.39 Å². The van der Waals surface area contributed by atoms with Crippen molar-refractivity contribution in [2.24, 2.45) is 11.7 Å². The minimum atomic E-state index is -0.445. The first kappa shape index (κ1) is 12.0. The molecule has 5 heteroatoms.